The Hall–Kier alpha value is -2.33. The Morgan fingerprint density at radius 2 is 2.00 bits per heavy atom. The van der Waals surface area contributed by atoms with Crippen molar-refractivity contribution in [3.63, 3.8) is 0 Å². The summed E-state index contributed by atoms with van der Waals surface area (Å²) in [4.78, 5) is 15.9. The van der Waals surface area contributed by atoms with Gasteiger partial charge in [-0.25, -0.2) is 9.78 Å². The van der Waals surface area contributed by atoms with Crippen LogP contribution in [0.4, 0.5) is 18.0 Å². The van der Waals surface area contributed by atoms with E-state index in [-0.39, 0.29) is 18.8 Å². The number of nitrogens with one attached hydrogen (secondary N) is 2. The smallest absolute Gasteiger partial charge is 0.406 e. The number of aliphatic hydroxyl groups is 1. The molecule has 136 valence electrons. The van der Waals surface area contributed by atoms with Crippen LogP contribution in [0.5, 0.6) is 5.75 Å². The molecule has 2 aromatic rings. The minimum atomic E-state index is -4.77. The standard InChI is InChI=1S/C15H16F3N3O3S/c1-9-8-25-13(21-9)7-20-14(23)19-6-12(22)10-2-4-11(5-3-10)24-15(16,17)18/h2-5,8,12,22H,6-7H2,1H3,(H2,19,20,23)/t12-/m0/s1. The van der Waals surface area contributed by atoms with Crippen LogP contribution in [0.1, 0.15) is 22.4 Å². The third-order valence-electron chi connectivity index (χ3n) is 3.02. The molecule has 1 aromatic heterocycles. The van der Waals surface area contributed by atoms with E-state index in [0.717, 1.165) is 22.8 Å². The molecule has 1 atom stereocenters. The summed E-state index contributed by atoms with van der Waals surface area (Å²) in [6, 6.07) is 4.30. The summed E-state index contributed by atoms with van der Waals surface area (Å²) < 4.78 is 40.0. The molecule has 10 heteroatoms. The van der Waals surface area contributed by atoms with Gasteiger partial charge in [-0.05, 0) is 24.6 Å². The maximum atomic E-state index is 12.1. The number of thiazole rings is 1. The van der Waals surface area contributed by atoms with Crippen LogP contribution in [0.25, 0.3) is 0 Å². The average molecular weight is 375 g/mol. The Morgan fingerprint density at radius 3 is 2.56 bits per heavy atom. The number of ether oxygens (including phenoxy) is 1. The van der Waals surface area contributed by atoms with Gasteiger partial charge >= 0.3 is 12.4 Å². The topological polar surface area (TPSA) is 83.5 Å². The fourth-order valence-electron chi connectivity index (χ4n) is 1.90. The molecular formula is C15H16F3N3O3S. The van der Waals surface area contributed by atoms with Gasteiger partial charge in [0.25, 0.3) is 0 Å². The number of aromatic nitrogens is 1. The largest absolute Gasteiger partial charge is 0.573 e. The number of carbonyl (C=O) groups excluding carboxylic acids is 1. The lowest BCUT2D eigenvalue weighted by Gasteiger charge is -2.14. The Labute approximate surface area is 145 Å². The predicted molar refractivity (Wildman–Crippen MR) is 85.2 cm³/mol. The molecule has 0 fully saturated rings. The first kappa shape index (κ1) is 19.0. The lowest BCUT2D eigenvalue weighted by Crippen LogP contribution is -2.37. The molecule has 2 rings (SSSR count). The maximum Gasteiger partial charge on any atom is 0.573 e. The number of nitrogens with zero attached hydrogens (tertiary/aromatic N) is 1. The number of halogens is 3. The van der Waals surface area contributed by atoms with Crippen LogP contribution in [0.15, 0.2) is 29.6 Å². The first-order valence-electron chi connectivity index (χ1n) is 7.19. The second-order valence-electron chi connectivity index (χ2n) is 5.08. The number of benzene rings is 1. The molecule has 0 unspecified atom stereocenters. The first-order chi connectivity index (χ1) is 11.7. The number of amides is 2. The minimum absolute atomic E-state index is 0.0950. The van der Waals surface area contributed by atoms with Crippen molar-refractivity contribution in [3.8, 4) is 5.75 Å². The van der Waals surface area contributed by atoms with Gasteiger partial charge in [0.15, 0.2) is 0 Å². The van der Waals surface area contributed by atoms with Gasteiger partial charge in [0, 0.05) is 17.6 Å². The van der Waals surface area contributed by atoms with Crippen LogP contribution < -0.4 is 15.4 Å². The van der Waals surface area contributed by atoms with Gasteiger partial charge in [-0.15, -0.1) is 24.5 Å². The van der Waals surface area contributed by atoms with Gasteiger partial charge in [0.2, 0.25) is 0 Å². The van der Waals surface area contributed by atoms with Gasteiger partial charge in [-0.1, -0.05) is 12.1 Å². The summed E-state index contributed by atoms with van der Waals surface area (Å²) >= 11 is 1.42. The van der Waals surface area contributed by atoms with E-state index in [2.05, 4.69) is 20.4 Å². The van der Waals surface area contributed by atoms with Gasteiger partial charge in [-0.3, -0.25) is 0 Å². The lowest BCUT2D eigenvalue weighted by molar-refractivity contribution is -0.274. The number of hydrogen-bond acceptors (Lipinski definition) is 5. The Bertz CT molecular complexity index is 704. The zero-order chi connectivity index (χ0) is 18.4. The summed E-state index contributed by atoms with van der Waals surface area (Å²) in [5, 5.41) is 17.7. The highest BCUT2D eigenvalue weighted by atomic mass is 32.1. The molecule has 0 aliphatic heterocycles. The van der Waals surface area contributed by atoms with E-state index in [1.807, 2.05) is 12.3 Å². The highest BCUT2D eigenvalue weighted by molar-refractivity contribution is 7.09. The molecule has 0 saturated heterocycles. The molecule has 0 bridgehead atoms. The number of aliphatic hydroxyl groups excluding tert-OH is 1. The van der Waals surface area contributed by atoms with E-state index >= 15 is 0 Å². The van der Waals surface area contributed by atoms with Crippen molar-refractivity contribution in [2.45, 2.75) is 25.9 Å². The molecule has 1 aromatic carbocycles. The van der Waals surface area contributed by atoms with Crippen molar-refractivity contribution in [2.75, 3.05) is 6.54 Å². The number of carbonyl (C=O) groups is 1. The third kappa shape index (κ3) is 6.59. The molecule has 0 aliphatic carbocycles. The fourth-order valence-corrected chi connectivity index (χ4v) is 2.61. The molecule has 0 aliphatic rings. The molecule has 2 amide bonds. The monoisotopic (exact) mass is 375 g/mol. The fraction of sp³-hybridized carbons (Fsp3) is 0.333. The molecule has 3 N–H and O–H groups in total. The number of rotatable bonds is 6. The maximum absolute atomic E-state index is 12.1. The van der Waals surface area contributed by atoms with E-state index in [9.17, 15) is 23.1 Å². The van der Waals surface area contributed by atoms with Crippen LogP contribution >= 0.6 is 11.3 Å². The molecule has 0 spiro atoms. The third-order valence-corrected chi connectivity index (χ3v) is 3.99. The van der Waals surface area contributed by atoms with Gasteiger partial charge in [0.05, 0.1) is 12.6 Å². The van der Waals surface area contributed by atoms with E-state index in [0.29, 0.717) is 5.56 Å². The van der Waals surface area contributed by atoms with Crippen molar-refractivity contribution >= 4 is 17.4 Å². The predicted octanol–water partition coefficient (Wildman–Crippen LogP) is 2.88. The number of urea groups is 1. The number of aryl methyl sites for hydroxylation is 1. The second kappa shape index (κ2) is 8.17. The molecule has 6 nitrogen and oxygen atoms in total. The van der Waals surface area contributed by atoms with Gasteiger partial charge in [-0.2, -0.15) is 0 Å². The SMILES string of the molecule is Cc1csc(CNC(=O)NC[C@H](O)c2ccc(OC(F)(F)F)cc2)n1. The van der Waals surface area contributed by atoms with E-state index in [1.54, 1.807) is 0 Å². The molecule has 0 radical (unpaired) electrons. The zero-order valence-corrected chi connectivity index (χ0v) is 13.9. The molecule has 1 heterocycles. The summed E-state index contributed by atoms with van der Waals surface area (Å²) in [7, 11) is 0. The van der Waals surface area contributed by atoms with Crippen molar-refractivity contribution in [3.05, 3.63) is 45.9 Å². The van der Waals surface area contributed by atoms with E-state index in [1.165, 1.54) is 23.5 Å². The van der Waals surface area contributed by atoms with Crippen LogP contribution in [-0.4, -0.2) is 29.0 Å². The van der Waals surface area contributed by atoms with Crippen molar-refractivity contribution in [1.29, 1.82) is 0 Å². The van der Waals surface area contributed by atoms with Crippen LogP contribution in [0.2, 0.25) is 0 Å². The van der Waals surface area contributed by atoms with Crippen molar-refractivity contribution in [1.82, 2.24) is 15.6 Å². The van der Waals surface area contributed by atoms with Crippen molar-refractivity contribution < 1.29 is 27.8 Å². The average Bonchev–Trinajstić information content (AvgIpc) is 2.95. The quantitative estimate of drug-likeness (QED) is 0.725. The number of alkyl halides is 3. The van der Waals surface area contributed by atoms with Crippen LogP contribution in [0, 0.1) is 6.92 Å². The molecule has 25 heavy (non-hydrogen) atoms. The molecular weight excluding hydrogens is 359 g/mol. The lowest BCUT2D eigenvalue weighted by atomic mass is 10.1. The Kier molecular flexibility index (Phi) is 6.21. The molecule has 0 saturated carbocycles. The van der Waals surface area contributed by atoms with Gasteiger partial charge < -0.3 is 20.5 Å². The highest BCUT2D eigenvalue weighted by Crippen LogP contribution is 2.24. The summed E-state index contributed by atoms with van der Waals surface area (Å²) in [5.41, 5.74) is 1.22. The summed E-state index contributed by atoms with van der Waals surface area (Å²) in [5.74, 6) is -0.382. The normalized spacial score (nSPS) is 12.5. The Balaban J connectivity index is 1.77. The highest BCUT2D eigenvalue weighted by Gasteiger charge is 2.31. The van der Waals surface area contributed by atoms with Gasteiger partial charge in [0.1, 0.15) is 10.8 Å². The summed E-state index contributed by atoms with van der Waals surface area (Å²) in [6.45, 7) is 2.02. The first-order valence-corrected chi connectivity index (χ1v) is 8.07. The second-order valence-corrected chi connectivity index (χ2v) is 6.02. The van der Waals surface area contributed by atoms with Crippen molar-refractivity contribution in [2.24, 2.45) is 0 Å². The minimum Gasteiger partial charge on any atom is -0.406 e. The summed E-state index contributed by atoms with van der Waals surface area (Å²) in [6.07, 6.45) is -5.83. The van der Waals surface area contributed by atoms with E-state index < -0.39 is 18.5 Å². The number of hydrogen-bond donors (Lipinski definition) is 3. The van der Waals surface area contributed by atoms with Crippen LogP contribution in [0.3, 0.4) is 0 Å². The Morgan fingerprint density at radius 1 is 1.32 bits per heavy atom. The van der Waals surface area contributed by atoms with E-state index in [4.69, 9.17) is 0 Å². The van der Waals surface area contributed by atoms with Crippen LogP contribution in [-0.2, 0) is 6.54 Å². The zero-order valence-electron chi connectivity index (χ0n) is 13.1.